The molecule has 1 aromatic carbocycles. The van der Waals surface area contributed by atoms with Crippen LogP contribution in [0.4, 0.5) is 5.00 Å². The number of carbonyl (C=O) groups excluding carboxylic acids is 1. The normalized spacial score (nSPS) is 15.3. The Hall–Kier alpha value is -3.11. The Morgan fingerprint density at radius 3 is 2.80 bits per heavy atom. The summed E-state index contributed by atoms with van der Waals surface area (Å²) in [6, 6.07) is 9.26. The summed E-state index contributed by atoms with van der Waals surface area (Å²) in [7, 11) is 0. The first-order valence-electron chi connectivity index (χ1n) is 9.96. The van der Waals surface area contributed by atoms with Gasteiger partial charge < -0.3 is 14.6 Å². The van der Waals surface area contributed by atoms with Gasteiger partial charge in [0.2, 0.25) is 0 Å². The number of aromatic nitrogens is 1. The van der Waals surface area contributed by atoms with Crippen LogP contribution in [-0.4, -0.2) is 11.1 Å². The summed E-state index contributed by atoms with van der Waals surface area (Å²) in [4.78, 5) is 14.0. The molecule has 2 aromatic heterocycles. The van der Waals surface area contributed by atoms with Gasteiger partial charge >= 0.3 is 0 Å². The van der Waals surface area contributed by atoms with Gasteiger partial charge in [-0.05, 0) is 68.9 Å². The quantitative estimate of drug-likeness (QED) is 0.613. The predicted octanol–water partition coefficient (Wildman–Crippen LogP) is 5.18. The molecule has 1 N–H and O–H groups in total. The van der Waals surface area contributed by atoms with Gasteiger partial charge in [0.15, 0.2) is 0 Å². The number of carbonyl (C=O) groups is 1. The van der Waals surface area contributed by atoms with Crippen LogP contribution in [0.15, 0.2) is 28.8 Å². The number of thiophene rings is 1. The molecule has 2 heterocycles. The standard InChI is InChI=1S/C23H23N3O3S/c1-13-4-9-18-19(11-24)23(30-21(18)10-13)25-22(27)16-5-7-17(8-6-16)28-12-20-14(2)26-29-15(20)3/h5-8,13H,4,9-10,12H2,1-3H3,(H,25,27). The molecule has 0 saturated heterocycles. The largest absolute Gasteiger partial charge is 0.489 e. The number of hydrogen-bond acceptors (Lipinski definition) is 6. The first kappa shape index (κ1) is 20.2. The number of benzene rings is 1. The summed E-state index contributed by atoms with van der Waals surface area (Å²) in [5.41, 5.74) is 3.98. The fraction of sp³-hybridized carbons (Fsp3) is 0.348. The average Bonchev–Trinajstić information content (AvgIpc) is 3.24. The lowest BCUT2D eigenvalue weighted by atomic mass is 9.88. The maximum absolute atomic E-state index is 12.7. The number of aryl methyl sites for hydroxylation is 2. The molecule has 1 atom stereocenters. The highest BCUT2D eigenvalue weighted by Crippen LogP contribution is 2.39. The highest BCUT2D eigenvalue weighted by molar-refractivity contribution is 7.16. The SMILES string of the molecule is Cc1noc(C)c1COc1ccc(C(=O)Nc2sc3c(c2C#N)CCC(C)C3)cc1. The van der Waals surface area contributed by atoms with Crippen molar-refractivity contribution in [3.63, 3.8) is 0 Å². The van der Waals surface area contributed by atoms with Gasteiger partial charge in [-0.1, -0.05) is 12.1 Å². The van der Waals surface area contributed by atoms with Crippen LogP contribution in [0.5, 0.6) is 5.75 Å². The van der Waals surface area contributed by atoms with Crippen LogP contribution in [0, 0.1) is 31.1 Å². The van der Waals surface area contributed by atoms with Crippen molar-refractivity contribution in [2.45, 2.75) is 46.6 Å². The van der Waals surface area contributed by atoms with Crippen molar-refractivity contribution in [3.8, 4) is 11.8 Å². The molecule has 6 nitrogen and oxygen atoms in total. The van der Waals surface area contributed by atoms with Crippen LogP contribution in [0.25, 0.3) is 0 Å². The minimum absolute atomic E-state index is 0.226. The first-order valence-corrected chi connectivity index (χ1v) is 10.8. The lowest BCUT2D eigenvalue weighted by Gasteiger charge is -2.17. The minimum Gasteiger partial charge on any atom is -0.489 e. The molecule has 0 bridgehead atoms. The van der Waals surface area contributed by atoms with Gasteiger partial charge in [-0.15, -0.1) is 11.3 Å². The van der Waals surface area contributed by atoms with E-state index in [9.17, 15) is 10.1 Å². The Morgan fingerprint density at radius 1 is 1.37 bits per heavy atom. The monoisotopic (exact) mass is 421 g/mol. The number of anilines is 1. The van der Waals surface area contributed by atoms with E-state index in [0.717, 1.165) is 41.8 Å². The van der Waals surface area contributed by atoms with Crippen LogP contribution in [0.3, 0.4) is 0 Å². The van der Waals surface area contributed by atoms with Crippen molar-refractivity contribution < 1.29 is 14.1 Å². The van der Waals surface area contributed by atoms with E-state index >= 15 is 0 Å². The van der Waals surface area contributed by atoms with E-state index < -0.39 is 0 Å². The van der Waals surface area contributed by atoms with E-state index in [4.69, 9.17) is 9.26 Å². The van der Waals surface area contributed by atoms with Crippen LogP contribution in [0.2, 0.25) is 0 Å². The zero-order chi connectivity index (χ0) is 21.3. The van der Waals surface area contributed by atoms with Crippen LogP contribution < -0.4 is 10.1 Å². The molecule has 0 spiro atoms. The Labute approximate surface area is 179 Å². The predicted molar refractivity (Wildman–Crippen MR) is 115 cm³/mol. The van der Waals surface area contributed by atoms with Crippen molar-refractivity contribution in [2.75, 3.05) is 5.32 Å². The topological polar surface area (TPSA) is 88.2 Å². The highest BCUT2D eigenvalue weighted by atomic mass is 32.1. The third-order valence-electron chi connectivity index (χ3n) is 5.53. The second-order valence-electron chi connectivity index (χ2n) is 7.74. The van der Waals surface area contributed by atoms with Gasteiger partial charge in [0.05, 0.1) is 16.8 Å². The zero-order valence-corrected chi connectivity index (χ0v) is 18.1. The molecule has 154 valence electrons. The lowest BCUT2D eigenvalue weighted by Crippen LogP contribution is -2.12. The van der Waals surface area contributed by atoms with Crippen LogP contribution in [-0.2, 0) is 19.4 Å². The number of fused-ring (bicyclic) bond motifs is 1. The van der Waals surface area contributed by atoms with Crippen molar-refractivity contribution in [3.05, 3.63) is 62.9 Å². The minimum atomic E-state index is -0.226. The fourth-order valence-corrected chi connectivity index (χ4v) is 5.05. The molecule has 0 radical (unpaired) electrons. The summed E-state index contributed by atoms with van der Waals surface area (Å²) in [5, 5.41) is 17.1. The van der Waals surface area contributed by atoms with Gasteiger partial charge in [-0.3, -0.25) is 4.79 Å². The molecular formula is C23H23N3O3S. The molecule has 3 aromatic rings. The van der Waals surface area contributed by atoms with Gasteiger partial charge in [-0.2, -0.15) is 5.26 Å². The third kappa shape index (κ3) is 3.96. The molecule has 30 heavy (non-hydrogen) atoms. The first-order chi connectivity index (χ1) is 14.5. The molecular weight excluding hydrogens is 398 g/mol. The summed E-state index contributed by atoms with van der Waals surface area (Å²) < 4.78 is 10.9. The smallest absolute Gasteiger partial charge is 0.256 e. The van der Waals surface area contributed by atoms with Crippen LogP contribution >= 0.6 is 11.3 Å². The average molecular weight is 422 g/mol. The van der Waals surface area contributed by atoms with Crippen molar-refractivity contribution >= 4 is 22.2 Å². The molecule has 1 unspecified atom stereocenters. The maximum atomic E-state index is 12.7. The van der Waals surface area contributed by atoms with Crippen molar-refractivity contribution in [2.24, 2.45) is 5.92 Å². The lowest BCUT2D eigenvalue weighted by molar-refractivity contribution is 0.102. The fourth-order valence-electron chi connectivity index (χ4n) is 3.70. The number of nitrogens with one attached hydrogen (secondary N) is 1. The Kier molecular flexibility index (Phi) is 5.60. The molecule has 1 aliphatic carbocycles. The summed E-state index contributed by atoms with van der Waals surface area (Å²) in [6.45, 7) is 6.31. The summed E-state index contributed by atoms with van der Waals surface area (Å²) in [5.74, 6) is 1.79. The Balaban J connectivity index is 1.44. The van der Waals surface area contributed by atoms with E-state index in [2.05, 4.69) is 23.5 Å². The van der Waals surface area contributed by atoms with Crippen LogP contribution in [0.1, 0.15) is 56.7 Å². The van der Waals surface area contributed by atoms with E-state index in [0.29, 0.717) is 34.4 Å². The molecule has 7 heteroatoms. The van der Waals surface area contributed by atoms with Crippen molar-refractivity contribution in [1.29, 1.82) is 5.26 Å². The van der Waals surface area contributed by atoms with Gasteiger partial charge in [0.25, 0.3) is 5.91 Å². The summed E-state index contributed by atoms with van der Waals surface area (Å²) in [6.07, 6.45) is 2.96. The molecule has 0 aliphatic heterocycles. The maximum Gasteiger partial charge on any atom is 0.256 e. The van der Waals surface area contributed by atoms with Gasteiger partial charge in [0.1, 0.15) is 29.2 Å². The van der Waals surface area contributed by atoms with E-state index in [-0.39, 0.29) is 5.91 Å². The molecule has 4 rings (SSSR count). The Morgan fingerprint density at radius 2 is 2.13 bits per heavy atom. The van der Waals surface area contributed by atoms with Gasteiger partial charge in [0, 0.05) is 10.4 Å². The molecule has 1 aliphatic rings. The molecule has 1 amide bonds. The Bertz CT molecular complexity index is 1100. The number of amides is 1. The number of nitriles is 1. The van der Waals surface area contributed by atoms with E-state index in [1.807, 2.05) is 13.8 Å². The van der Waals surface area contributed by atoms with E-state index in [1.165, 1.54) is 16.2 Å². The number of hydrogen-bond donors (Lipinski definition) is 1. The number of rotatable bonds is 5. The van der Waals surface area contributed by atoms with Gasteiger partial charge in [-0.25, -0.2) is 0 Å². The molecule has 0 saturated carbocycles. The second-order valence-corrected chi connectivity index (χ2v) is 8.84. The number of ether oxygens (including phenoxy) is 1. The zero-order valence-electron chi connectivity index (χ0n) is 17.2. The summed E-state index contributed by atoms with van der Waals surface area (Å²) >= 11 is 1.53. The second kappa shape index (κ2) is 8.33. The third-order valence-corrected chi connectivity index (χ3v) is 6.70. The number of nitrogens with zero attached hydrogens (tertiary/aromatic N) is 2. The van der Waals surface area contributed by atoms with Crippen molar-refractivity contribution in [1.82, 2.24) is 5.16 Å². The molecule has 0 fully saturated rings. The van der Waals surface area contributed by atoms with E-state index in [1.54, 1.807) is 24.3 Å². The highest BCUT2D eigenvalue weighted by Gasteiger charge is 2.24.